The van der Waals surface area contributed by atoms with Gasteiger partial charge in [-0.1, -0.05) is 6.07 Å². The summed E-state index contributed by atoms with van der Waals surface area (Å²) in [5, 5.41) is 1.23. The number of fused-ring (bicyclic) bond motifs is 1. The van der Waals surface area contributed by atoms with E-state index < -0.39 is 0 Å². The average Bonchev–Trinajstić information content (AvgIpc) is 2.34. The first-order valence-corrected chi connectivity index (χ1v) is 3.87. The van der Waals surface area contributed by atoms with Gasteiger partial charge in [0.15, 0.2) is 0 Å². The topological polar surface area (TPSA) is 12.9 Å². The standard InChI is InChI=1S/C8H6NS/c1-6-7-4-2-3-5-8(7)10-9-6/h3-5H,1H3. The van der Waals surface area contributed by atoms with E-state index in [1.165, 1.54) is 10.1 Å². The molecule has 0 amide bonds. The minimum Gasteiger partial charge on any atom is -0.197 e. The zero-order chi connectivity index (χ0) is 6.97. The SMILES string of the molecule is Cc1nsc2cc[c]cc12. The molecular formula is C8H6NS. The monoisotopic (exact) mass is 148 g/mol. The second-order valence-electron chi connectivity index (χ2n) is 2.19. The minimum absolute atomic E-state index is 1.11. The van der Waals surface area contributed by atoms with Crippen molar-refractivity contribution in [2.75, 3.05) is 0 Å². The fourth-order valence-corrected chi connectivity index (χ4v) is 1.71. The van der Waals surface area contributed by atoms with Gasteiger partial charge in [-0.2, -0.15) is 4.37 Å². The van der Waals surface area contributed by atoms with Crippen LogP contribution in [0.25, 0.3) is 10.1 Å². The lowest BCUT2D eigenvalue weighted by Gasteiger charge is -1.84. The predicted octanol–water partition coefficient (Wildman–Crippen LogP) is 2.40. The Morgan fingerprint density at radius 3 is 3.30 bits per heavy atom. The van der Waals surface area contributed by atoms with Gasteiger partial charge in [0, 0.05) is 5.39 Å². The third-order valence-corrected chi connectivity index (χ3v) is 2.41. The minimum atomic E-state index is 1.11. The number of aryl methyl sites for hydroxylation is 1. The van der Waals surface area contributed by atoms with Crippen molar-refractivity contribution in [3.05, 3.63) is 30.0 Å². The molecule has 10 heavy (non-hydrogen) atoms. The molecule has 1 radical (unpaired) electrons. The van der Waals surface area contributed by atoms with Gasteiger partial charge in [-0.05, 0) is 36.7 Å². The number of nitrogens with zero attached hydrogens (tertiary/aromatic N) is 1. The van der Waals surface area contributed by atoms with Crippen LogP contribution in [0, 0.1) is 13.0 Å². The zero-order valence-electron chi connectivity index (χ0n) is 5.59. The van der Waals surface area contributed by atoms with Crippen LogP contribution in [0.2, 0.25) is 0 Å². The maximum atomic E-state index is 4.22. The summed E-state index contributed by atoms with van der Waals surface area (Å²) < 4.78 is 5.46. The van der Waals surface area contributed by atoms with E-state index in [4.69, 9.17) is 0 Å². The van der Waals surface area contributed by atoms with Gasteiger partial charge in [-0.3, -0.25) is 0 Å². The fraction of sp³-hybridized carbons (Fsp3) is 0.125. The second kappa shape index (κ2) is 2.06. The predicted molar refractivity (Wildman–Crippen MR) is 43.2 cm³/mol. The summed E-state index contributed by atoms with van der Waals surface area (Å²) in [6.45, 7) is 2.02. The van der Waals surface area contributed by atoms with Gasteiger partial charge >= 0.3 is 0 Å². The molecule has 2 rings (SSSR count). The summed E-state index contributed by atoms with van der Waals surface area (Å²) in [5.74, 6) is 0. The largest absolute Gasteiger partial charge is 0.197 e. The van der Waals surface area contributed by atoms with Crippen molar-refractivity contribution in [1.29, 1.82) is 0 Å². The molecule has 0 atom stereocenters. The molecule has 2 heteroatoms. The molecule has 0 bridgehead atoms. The van der Waals surface area contributed by atoms with Crippen LogP contribution in [0.3, 0.4) is 0 Å². The first kappa shape index (κ1) is 5.86. The molecule has 0 aliphatic carbocycles. The molecule has 1 heterocycles. The van der Waals surface area contributed by atoms with Crippen molar-refractivity contribution in [1.82, 2.24) is 4.37 Å². The molecule has 0 unspecified atom stereocenters. The zero-order valence-corrected chi connectivity index (χ0v) is 6.40. The Hall–Kier alpha value is -0.890. The molecule has 2 aromatic rings. The van der Waals surface area contributed by atoms with E-state index >= 15 is 0 Å². The molecule has 1 aromatic carbocycles. The number of hydrogen-bond acceptors (Lipinski definition) is 2. The number of benzene rings is 1. The van der Waals surface area contributed by atoms with Crippen LogP contribution in [0.4, 0.5) is 0 Å². The van der Waals surface area contributed by atoms with Gasteiger partial charge in [-0.15, -0.1) is 0 Å². The number of rotatable bonds is 0. The van der Waals surface area contributed by atoms with Gasteiger partial charge in [0.25, 0.3) is 0 Å². The lowest BCUT2D eigenvalue weighted by atomic mass is 10.2. The van der Waals surface area contributed by atoms with Crippen LogP contribution in [0.15, 0.2) is 18.2 Å². The van der Waals surface area contributed by atoms with E-state index in [9.17, 15) is 0 Å². The lowest BCUT2D eigenvalue weighted by molar-refractivity contribution is 1.37. The van der Waals surface area contributed by atoms with Gasteiger partial charge in [0.05, 0.1) is 10.4 Å². The van der Waals surface area contributed by atoms with E-state index in [0.29, 0.717) is 0 Å². The second-order valence-corrected chi connectivity index (χ2v) is 3.00. The van der Waals surface area contributed by atoms with Crippen molar-refractivity contribution in [2.45, 2.75) is 6.92 Å². The summed E-state index contributed by atoms with van der Waals surface area (Å²) in [5.41, 5.74) is 1.11. The molecular weight excluding hydrogens is 142 g/mol. The van der Waals surface area contributed by atoms with Crippen LogP contribution >= 0.6 is 11.5 Å². The van der Waals surface area contributed by atoms with Crippen LogP contribution in [-0.4, -0.2) is 4.37 Å². The molecule has 0 aliphatic heterocycles. The summed E-state index contributed by atoms with van der Waals surface area (Å²) >= 11 is 1.54. The summed E-state index contributed by atoms with van der Waals surface area (Å²) in [4.78, 5) is 0. The highest BCUT2D eigenvalue weighted by atomic mass is 32.1. The highest BCUT2D eigenvalue weighted by Gasteiger charge is 1.97. The van der Waals surface area contributed by atoms with Crippen molar-refractivity contribution < 1.29 is 0 Å². The molecule has 1 aromatic heterocycles. The third kappa shape index (κ3) is 0.727. The maximum absolute atomic E-state index is 4.22. The smallest absolute Gasteiger partial charge is 0.0590 e. The Bertz CT molecular complexity index is 351. The molecule has 0 aliphatic rings. The Morgan fingerprint density at radius 1 is 1.60 bits per heavy atom. The Kier molecular flexibility index (Phi) is 1.21. The van der Waals surface area contributed by atoms with Crippen molar-refractivity contribution >= 4 is 21.6 Å². The highest BCUT2D eigenvalue weighted by Crippen LogP contribution is 2.20. The van der Waals surface area contributed by atoms with Gasteiger partial charge in [0.1, 0.15) is 0 Å². The first-order chi connectivity index (χ1) is 4.88. The van der Waals surface area contributed by atoms with E-state index in [2.05, 4.69) is 10.4 Å². The molecule has 0 spiro atoms. The van der Waals surface area contributed by atoms with Gasteiger partial charge in [0.2, 0.25) is 0 Å². The highest BCUT2D eigenvalue weighted by molar-refractivity contribution is 7.13. The molecule has 0 N–H and O–H groups in total. The van der Waals surface area contributed by atoms with Crippen molar-refractivity contribution in [3.63, 3.8) is 0 Å². The summed E-state index contributed by atoms with van der Waals surface area (Å²) in [6.07, 6.45) is 0. The molecule has 0 fully saturated rings. The van der Waals surface area contributed by atoms with Crippen LogP contribution in [-0.2, 0) is 0 Å². The average molecular weight is 148 g/mol. The molecule has 1 nitrogen and oxygen atoms in total. The molecule has 0 saturated heterocycles. The van der Waals surface area contributed by atoms with Crippen LogP contribution < -0.4 is 0 Å². The Balaban J connectivity index is 2.93. The summed E-state index contributed by atoms with van der Waals surface area (Å²) in [7, 11) is 0. The maximum Gasteiger partial charge on any atom is 0.0590 e. The van der Waals surface area contributed by atoms with Crippen molar-refractivity contribution in [3.8, 4) is 0 Å². The van der Waals surface area contributed by atoms with Crippen LogP contribution in [0.5, 0.6) is 0 Å². The molecule has 0 saturated carbocycles. The van der Waals surface area contributed by atoms with E-state index in [0.717, 1.165) is 5.69 Å². The number of hydrogen-bond donors (Lipinski definition) is 0. The van der Waals surface area contributed by atoms with Gasteiger partial charge < -0.3 is 0 Å². The summed E-state index contributed by atoms with van der Waals surface area (Å²) in [6, 6.07) is 8.97. The van der Waals surface area contributed by atoms with Crippen LogP contribution in [0.1, 0.15) is 5.69 Å². The molecule has 49 valence electrons. The van der Waals surface area contributed by atoms with E-state index in [1.54, 1.807) is 11.5 Å². The quantitative estimate of drug-likeness (QED) is 0.559. The number of aromatic nitrogens is 1. The van der Waals surface area contributed by atoms with E-state index in [1.807, 2.05) is 25.1 Å². The lowest BCUT2D eigenvalue weighted by Crippen LogP contribution is -1.67. The van der Waals surface area contributed by atoms with Gasteiger partial charge in [-0.25, -0.2) is 0 Å². The Morgan fingerprint density at radius 2 is 2.50 bits per heavy atom. The Labute approximate surface area is 63.5 Å². The first-order valence-electron chi connectivity index (χ1n) is 3.10. The third-order valence-electron chi connectivity index (χ3n) is 1.49. The fourth-order valence-electron chi connectivity index (χ4n) is 0.945. The van der Waals surface area contributed by atoms with Crippen molar-refractivity contribution in [2.24, 2.45) is 0 Å². The normalized spacial score (nSPS) is 10.5. The van der Waals surface area contributed by atoms with E-state index in [-0.39, 0.29) is 0 Å².